The molecule has 2 heterocycles. The van der Waals surface area contributed by atoms with E-state index in [1.807, 2.05) is 20.8 Å². The Morgan fingerprint density at radius 1 is 1.57 bits per heavy atom. The fourth-order valence-corrected chi connectivity index (χ4v) is 3.10. The van der Waals surface area contributed by atoms with Crippen LogP contribution in [-0.4, -0.2) is 41.3 Å². The van der Waals surface area contributed by atoms with Gasteiger partial charge in [-0.15, -0.1) is 0 Å². The molecular formula is C15H22BrClN4O2. The van der Waals surface area contributed by atoms with Crippen molar-refractivity contribution < 1.29 is 9.53 Å². The molecule has 128 valence electrons. The SMILES string of the molecule is CC(C)(C)OC(=O)NC[C@H]1CCCN(c2nc(Cl)ncc2Br)C1. The molecule has 1 aromatic rings. The van der Waals surface area contributed by atoms with Crippen LogP contribution in [0.1, 0.15) is 33.6 Å². The average molecular weight is 406 g/mol. The number of halogens is 2. The molecule has 1 aliphatic heterocycles. The quantitative estimate of drug-likeness (QED) is 0.778. The zero-order chi connectivity index (χ0) is 17.0. The molecule has 1 saturated heterocycles. The first kappa shape index (κ1) is 18.3. The fourth-order valence-electron chi connectivity index (χ4n) is 2.52. The number of amides is 1. The van der Waals surface area contributed by atoms with Crippen LogP contribution in [0.15, 0.2) is 10.7 Å². The first-order valence-electron chi connectivity index (χ1n) is 7.64. The Bertz CT molecular complexity index is 565. The smallest absolute Gasteiger partial charge is 0.407 e. The van der Waals surface area contributed by atoms with Crippen molar-refractivity contribution in [3.63, 3.8) is 0 Å². The second-order valence-electron chi connectivity index (χ2n) is 6.65. The summed E-state index contributed by atoms with van der Waals surface area (Å²) in [5, 5.41) is 3.08. The van der Waals surface area contributed by atoms with Crippen molar-refractivity contribution in [1.82, 2.24) is 15.3 Å². The van der Waals surface area contributed by atoms with E-state index in [1.54, 1.807) is 6.20 Å². The second kappa shape index (κ2) is 7.66. The van der Waals surface area contributed by atoms with Crippen LogP contribution in [0.5, 0.6) is 0 Å². The van der Waals surface area contributed by atoms with Gasteiger partial charge in [0, 0.05) is 25.8 Å². The lowest BCUT2D eigenvalue weighted by Crippen LogP contribution is -2.42. The van der Waals surface area contributed by atoms with Gasteiger partial charge in [-0.1, -0.05) is 0 Å². The maximum atomic E-state index is 11.8. The molecular weight excluding hydrogens is 384 g/mol. The monoisotopic (exact) mass is 404 g/mol. The summed E-state index contributed by atoms with van der Waals surface area (Å²) in [4.78, 5) is 22.2. The molecule has 0 aliphatic carbocycles. The largest absolute Gasteiger partial charge is 0.444 e. The average Bonchev–Trinajstić information content (AvgIpc) is 2.46. The molecule has 1 N–H and O–H groups in total. The Morgan fingerprint density at radius 2 is 2.30 bits per heavy atom. The third-order valence-corrected chi connectivity index (χ3v) is 4.19. The van der Waals surface area contributed by atoms with E-state index in [4.69, 9.17) is 16.3 Å². The molecule has 6 nitrogen and oxygen atoms in total. The fraction of sp³-hybridized carbons (Fsp3) is 0.667. The summed E-state index contributed by atoms with van der Waals surface area (Å²) in [7, 11) is 0. The Balaban J connectivity index is 1.91. The predicted molar refractivity (Wildman–Crippen MR) is 93.9 cm³/mol. The summed E-state index contributed by atoms with van der Waals surface area (Å²) in [6.07, 6.45) is 3.38. The van der Waals surface area contributed by atoms with Gasteiger partial charge in [0.25, 0.3) is 0 Å². The number of rotatable bonds is 3. The molecule has 8 heteroatoms. The van der Waals surface area contributed by atoms with Crippen molar-refractivity contribution in [2.75, 3.05) is 24.5 Å². The molecule has 0 saturated carbocycles. The van der Waals surface area contributed by atoms with E-state index in [0.29, 0.717) is 12.5 Å². The van der Waals surface area contributed by atoms with Crippen LogP contribution in [0.3, 0.4) is 0 Å². The van der Waals surface area contributed by atoms with E-state index in [-0.39, 0.29) is 11.4 Å². The van der Waals surface area contributed by atoms with Gasteiger partial charge in [0.15, 0.2) is 0 Å². The number of carbonyl (C=O) groups is 1. The third kappa shape index (κ3) is 5.80. The third-order valence-electron chi connectivity index (χ3n) is 3.45. The van der Waals surface area contributed by atoms with Crippen LogP contribution in [0.4, 0.5) is 10.6 Å². The maximum Gasteiger partial charge on any atom is 0.407 e. The lowest BCUT2D eigenvalue weighted by atomic mass is 9.98. The molecule has 0 bridgehead atoms. The first-order chi connectivity index (χ1) is 10.7. The van der Waals surface area contributed by atoms with Crippen LogP contribution in [0.2, 0.25) is 5.28 Å². The molecule has 1 fully saturated rings. The minimum Gasteiger partial charge on any atom is -0.444 e. The van der Waals surface area contributed by atoms with E-state index in [9.17, 15) is 4.79 Å². The van der Waals surface area contributed by atoms with Gasteiger partial charge in [-0.3, -0.25) is 0 Å². The van der Waals surface area contributed by atoms with Crippen molar-refractivity contribution in [2.24, 2.45) is 5.92 Å². The number of anilines is 1. The van der Waals surface area contributed by atoms with Crippen molar-refractivity contribution in [1.29, 1.82) is 0 Å². The number of carbonyl (C=O) groups excluding carboxylic acids is 1. The van der Waals surface area contributed by atoms with Gasteiger partial charge in [0.2, 0.25) is 5.28 Å². The van der Waals surface area contributed by atoms with Gasteiger partial charge < -0.3 is 15.0 Å². The molecule has 0 spiro atoms. The number of piperidine rings is 1. The van der Waals surface area contributed by atoms with Gasteiger partial charge >= 0.3 is 6.09 Å². The van der Waals surface area contributed by atoms with E-state index < -0.39 is 5.60 Å². The Labute approximate surface area is 150 Å². The molecule has 23 heavy (non-hydrogen) atoms. The summed E-state index contributed by atoms with van der Waals surface area (Å²) >= 11 is 9.36. The number of alkyl carbamates (subject to hydrolysis) is 1. The van der Waals surface area contributed by atoms with Crippen LogP contribution in [-0.2, 0) is 4.74 Å². The predicted octanol–water partition coefficient (Wildman–Crippen LogP) is 3.63. The van der Waals surface area contributed by atoms with E-state index in [0.717, 1.165) is 36.2 Å². The molecule has 0 unspecified atom stereocenters. The minimum atomic E-state index is -0.481. The van der Waals surface area contributed by atoms with E-state index >= 15 is 0 Å². The summed E-state index contributed by atoms with van der Waals surface area (Å²) in [5.74, 6) is 1.14. The lowest BCUT2D eigenvalue weighted by Gasteiger charge is -2.34. The van der Waals surface area contributed by atoms with Gasteiger partial charge in [-0.2, -0.15) is 4.98 Å². The molecule has 0 aromatic carbocycles. The summed E-state index contributed by atoms with van der Waals surface area (Å²) < 4.78 is 6.09. The van der Waals surface area contributed by atoms with Crippen molar-refractivity contribution in [3.8, 4) is 0 Å². The Hall–Kier alpha value is -1.08. The molecule has 1 aromatic heterocycles. The summed E-state index contributed by atoms with van der Waals surface area (Å²) in [6, 6.07) is 0. The summed E-state index contributed by atoms with van der Waals surface area (Å²) in [6.45, 7) is 7.86. The van der Waals surface area contributed by atoms with Crippen molar-refractivity contribution in [2.45, 2.75) is 39.2 Å². The van der Waals surface area contributed by atoms with E-state index in [2.05, 4.69) is 36.1 Å². The van der Waals surface area contributed by atoms with Gasteiger partial charge in [0.05, 0.1) is 4.47 Å². The Kier molecular flexibility index (Phi) is 6.08. The molecule has 1 amide bonds. The maximum absolute atomic E-state index is 11.8. The molecule has 0 radical (unpaired) electrons. The highest BCUT2D eigenvalue weighted by Crippen LogP contribution is 2.28. The second-order valence-corrected chi connectivity index (χ2v) is 7.84. The minimum absolute atomic E-state index is 0.234. The zero-order valence-electron chi connectivity index (χ0n) is 13.6. The van der Waals surface area contributed by atoms with Crippen LogP contribution < -0.4 is 10.2 Å². The highest BCUT2D eigenvalue weighted by atomic mass is 79.9. The molecule has 1 aliphatic rings. The number of nitrogens with zero attached hydrogens (tertiary/aromatic N) is 3. The van der Waals surface area contributed by atoms with Crippen LogP contribution in [0, 0.1) is 5.92 Å². The topological polar surface area (TPSA) is 67.3 Å². The standard InChI is InChI=1S/C15H22BrClN4O2/c1-15(2,3)23-14(22)19-7-10-5-4-6-21(9-10)12-11(16)8-18-13(17)20-12/h8,10H,4-7,9H2,1-3H3,(H,19,22)/t10-/m1/s1. The number of hydrogen-bond donors (Lipinski definition) is 1. The summed E-state index contributed by atoms with van der Waals surface area (Å²) in [5.41, 5.74) is -0.481. The first-order valence-corrected chi connectivity index (χ1v) is 8.81. The number of ether oxygens (including phenoxy) is 1. The molecule has 1 atom stereocenters. The Morgan fingerprint density at radius 3 is 3.00 bits per heavy atom. The highest BCUT2D eigenvalue weighted by molar-refractivity contribution is 9.10. The highest BCUT2D eigenvalue weighted by Gasteiger charge is 2.24. The van der Waals surface area contributed by atoms with Crippen molar-refractivity contribution >= 4 is 39.4 Å². The number of hydrogen-bond acceptors (Lipinski definition) is 5. The number of nitrogens with one attached hydrogen (secondary N) is 1. The number of aromatic nitrogens is 2. The van der Waals surface area contributed by atoms with Crippen molar-refractivity contribution in [3.05, 3.63) is 16.0 Å². The normalized spacial score (nSPS) is 18.7. The van der Waals surface area contributed by atoms with Gasteiger partial charge in [-0.05, 0) is 67.1 Å². The van der Waals surface area contributed by atoms with Crippen LogP contribution >= 0.6 is 27.5 Å². The lowest BCUT2D eigenvalue weighted by molar-refractivity contribution is 0.0517. The van der Waals surface area contributed by atoms with E-state index in [1.165, 1.54) is 0 Å². The van der Waals surface area contributed by atoms with Crippen LogP contribution in [0.25, 0.3) is 0 Å². The zero-order valence-corrected chi connectivity index (χ0v) is 15.9. The van der Waals surface area contributed by atoms with Gasteiger partial charge in [0.1, 0.15) is 11.4 Å². The molecule has 2 rings (SSSR count). The van der Waals surface area contributed by atoms with Gasteiger partial charge in [-0.25, -0.2) is 9.78 Å².